The van der Waals surface area contributed by atoms with Gasteiger partial charge in [0.05, 0.1) is 41.1 Å². The molecule has 3 aliphatic heterocycles. The largest absolute Gasteiger partial charge is 0.494 e. The Hall–Kier alpha value is -5.52. The van der Waals surface area contributed by atoms with Gasteiger partial charge in [0.2, 0.25) is 23.7 Å². The van der Waals surface area contributed by atoms with E-state index in [-0.39, 0.29) is 53.1 Å². The lowest BCUT2D eigenvalue weighted by atomic mass is 10.0. The quantitative estimate of drug-likeness (QED) is 0.0871. The van der Waals surface area contributed by atoms with Gasteiger partial charge in [-0.1, -0.05) is 29.8 Å². The number of ether oxygens (including phenoxy) is 1. The number of para-hydroxylation sites is 1. The summed E-state index contributed by atoms with van der Waals surface area (Å²) in [5.74, 6) is -0.880. The highest BCUT2D eigenvalue weighted by Crippen LogP contribution is 2.47. The van der Waals surface area contributed by atoms with E-state index in [0.29, 0.717) is 59.3 Å². The number of amides is 5. The SMILES string of the molecule is COc1cc(N2CCN(C(=O)CCSc3cccc4c3C(=O)N(C3CCC(=O)NC3=O)C4=O)CC2)ccc1Nc1ncc(Cl)c(Nc2ccccc2P(=O)(OC)OC)n1. The molecule has 0 bridgehead atoms. The third-order valence-electron chi connectivity index (χ3n) is 10.1. The van der Waals surface area contributed by atoms with E-state index in [9.17, 15) is 28.5 Å². The average Bonchev–Trinajstić information content (AvgIpc) is 3.50. The van der Waals surface area contributed by atoms with Gasteiger partial charge in [-0.2, -0.15) is 4.98 Å². The Morgan fingerprint density at radius 1 is 0.949 bits per heavy atom. The van der Waals surface area contributed by atoms with Crippen molar-refractivity contribution in [2.24, 2.45) is 0 Å². The molecule has 3 aromatic carbocycles. The van der Waals surface area contributed by atoms with Crippen molar-refractivity contribution in [2.75, 3.05) is 68.8 Å². The Balaban J connectivity index is 0.936. The van der Waals surface area contributed by atoms with E-state index in [0.717, 1.165) is 10.6 Å². The van der Waals surface area contributed by atoms with Crippen LogP contribution < -0.4 is 30.9 Å². The van der Waals surface area contributed by atoms with E-state index in [4.69, 9.17) is 25.4 Å². The summed E-state index contributed by atoms with van der Waals surface area (Å²) in [7, 11) is 0.577. The maximum Gasteiger partial charge on any atom is 0.362 e. The van der Waals surface area contributed by atoms with Gasteiger partial charge in [-0.3, -0.25) is 38.8 Å². The summed E-state index contributed by atoms with van der Waals surface area (Å²) in [5, 5.41) is 9.03. The summed E-state index contributed by atoms with van der Waals surface area (Å²) in [5.41, 5.74) is 2.35. The number of piperazine rings is 1. The van der Waals surface area contributed by atoms with Crippen LogP contribution in [0.3, 0.4) is 0 Å². The van der Waals surface area contributed by atoms with Crippen molar-refractivity contribution in [1.82, 2.24) is 25.1 Å². The van der Waals surface area contributed by atoms with Crippen molar-refractivity contribution in [3.8, 4) is 5.75 Å². The van der Waals surface area contributed by atoms with Gasteiger partial charge < -0.3 is 34.2 Å². The first-order chi connectivity index (χ1) is 28.4. The lowest BCUT2D eigenvalue weighted by Crippen LogP contribution is -2.54. The molecule has 3 aliphatic rings. The Kier molecular flexibility index (Phi) is 12.5. The van der Waals surface area contributed by atoms with Crippen LogP contribution in [0.25, 0.3) is 0 Å². The summed E-state index contributed by atoms with van der Waals surface area (Å²) in [6.07, 6.45) is 1.77. The number of benzene rings is 3. The maximum atomic E-state index is 13.4. The smallest absolute Gasteiger partial charge is 0.362 e. The number of nitrogens with zero attached hydrogens (tertiary/aromatic N) is 5. The minimum atomic E-state index is -3.59. The van der Waals surface area contributed by atoms with Crippen molar-refractivity contribution >= 4 is 94.6 Å². The predicted molar refractivity (Wildman–Crippen MR) is 222 cm³/mol. The lowest BCUT2D eigenvalue weighted by Gasteiger charge is -2.36. The first kappa shape index (κ1) is 41.6. The average molecular weight is 863 g/mol. The van der Waals surface area contributed by atoms with Crippen LogP contribution in [0.15, 0.2) is 71.8 Å². The van der Waals surface area contributed by atoms with Gasteiger partial charge in [-0.25, -0.2) is 4.98 Å². The zero-order valence-corrected chi connectivity index (χ0v) is 34.7. The second-order valence-corrected chi connectivity index (χ2v) is 17.2. The zero-order chi connectivity index (χ0) is 41.8. The fraction of sp³-hybridized carbons (Fsp3) is 0.308. The van der Waals surface area contributed by atoms with Gasteiger partial charge in [0.1, 0.15) is 16.8 Å². The van der Waals surface area contributed by atoms with Crippen LogP contribution in [0.5, 0.6) is 5.75 Å². The van der Waals surface area contributed by atoms with Crippen LogP contribution in [0.4, 0.5) is 28.8 Å². The second-order valence-electron chi connectivity index (χ2n) is 13.5. The minimum absolute atomic E-state index is 0.0267. The van der Waals surface area contributed by atoms with Gasteiger partial charge in [-0.05, 0) is 42.8 Å². The number of hydrogen-bond donors (Lipinski definition) is 3. The first-order valence-electron chi connectivity index (χ1n) is 18.5. The van der Waals surface area contributed by atoms with Gasteiger partial charge in [0.25, 0.3) is 11.8 Å². The molecule has 0 spiro atoms. The number of rotatable bonds is 14. The van der Waals surface area contributed by atoms with Crippen molar-refractivity contribution in [2.45, 2.75) is 30.2 Å². The van der Waals surface area contributed by atoms with Crippen LogP contribution in [0.1, 0.15) is 40.0 Å². The lowest BCUT2D eigenvalue weighted by molar-refractivity contribution is -0.136. The van der Waals surface area contributed by atoms with Gasteiger partial charge in [0.15, 0.2) is 5.82 Å². The van der Waals surface area contributed by atoms with Gasteiger partial charge in [-0.15, -0.1) is 11.8 Å². The van der Waals surface area contributed by atoms with Crippen LogP contribution in [0.2, 0.25) is 5.02 Å². The molecular weight excluding hydrogens is 823 g/mol. The number of methoxy groups -OCH3 is 1. The molecule has 5 amide bonds. The third kappa shape index (κ3) is 8.63. The molecule has 7 rings (SSSR count). The zero-order valence-electron chi connectivity index (χ0n) is 32.2. The molecule has 0 saturated carbocycles. The molecule has 2 fully saturated rings. The number of hydrogen-bond acceptors (Lipinski definition) is 15. The summed E-state index contributed by atoms with van der Waals surface area (Å²) in [6, 6.07) is 16.4. The van der Waals surface area contributed by atoms with E-state index in [2.05, 4.69) is 30.8 Å². The standard InChI is InChI=1S/C39H40ClN8O9PS/c1-55-29-21-23(11-12-26(29)43-39-41-22-25(40)35(45-39)42-27-8-4-5-9-30(27)58(54,56-2)57-3)46-16-18-47(19-17-46)33(50)15-20-59-31-10-6-7-24-34(31)38(53)48(37(24)52)28-13-14-32(49)44-36(28)51/h4-12,21-22,28H,13-20H2,1-3H3,(H,44,49,51)(H2,41,42,43,45). The van der Waals surface area contributed by atoms with E-state index in [1.54, 1.807) is 49.6 Å². The van der Waals surface area contributed by atoms with Crippen molar-refractivity contribution in [3.05, 3.63) is 83.0 Å². The van der Waals surface area contributed by atoms with Crippen LogP contribution in [-0.4, -0.2) is 109 Å². The molecule has 2 saturated heterocycles. The number of piperidine rings is 1. The van der Waals surface area contributed by atoms with E-state index in [1.807, 2.05) is 23.1 Å². The number of nitrogens with one attached hydrogen (secondary N) is 3. The molecule has 4 heterocycles. The van der Waals surface area contributed by atoms with Crippen LogP contribution in [0, 0.1) is 0 Å². The molecule has 1 atom stereocenters. The number of anilines is 5. The summed E-state index contributed by atoms with van der Waals surface area (Å²) < 4.78 is 29.3. The van der Waals surface area contributed by atoms with Gasteiger partial charge in [0, 0.05) is 75.6 Å². The monoisotopic (exact) mass is 862 g/mol. The molecule has 3 N–H and O–H groups in total. The fourth-order valence-electron chi connectivity index (χ4n) is 7.06. The highest BCUT2D eigenvalue weighted by Gasteiger charge is 2.45. The number of fused-ring (bicyclic) bond motifs is 1. The Morgan fingerprint density at radius 3 is 2.44 bits per heavy atom. The molecule has 1 unspecified atom stereocenters. The van der Waals surface area contributed by atoms with Crippen LogP contribution in [-0.2, 0) is 28.0 Å². The molecule has 308 valence electrons. The van der Waals surface area contributed by atoms with Crippen molar-refractivity contribution in [1.29, 1.82) is 0 Å². The second kappa shape index (κ2) is 17.8. The molecule has 0 radical (unpaired) electrons. The van der Waals surface area contributed by atoms with Crippen molar-refractivity contribution in [3.63, 3.8) is 0 Å². The molecule has 0 aliphatic carbocycles. The number of carbonyl (C=O) groups excluding carboxylic acids is 5. The predicted octanol–water partition coefficient (Wildman–Crippen LogP) is 4.97. The normalized spacial score (nSPS) is 16.9. The molecule has 1 aromatic heterocycles. The fourth-order valence-corrected chi connectivity index (χ4v) is 9.44. The summed E-state index contributed by atoms with van der Waals surface area (Å²) in [6.45, 7) is 2.18. The highest BCUT2D eigenvalue weighted by molar-refractivity contribution is 7.99. The third-order valence-corrected chi connectivity index (χ3v) is 13.4. The molecule has 59 heavy (non-hydrogen) atoms. The number of imide groups is 2. The number of thioether (sulfide) groups is 1. The van der Waals surface area contributed by atoms with Crippen molar-refractivity contribution < 1.29 is 42.3 Å². The topological polar surface area (TPSA) is 202 Å². The first-order valence-corrected chi connectivity index (χ1v) is 21.4. The van der Waals surface area contributed by atoms with E-state index >= 15 is 0 Å². The number of halogens is 1. The summed E-state index contributed by atoms with van der Waals surface area (Å²) >= 11 is 7.76. The molecule has 17 nitrogen and oxygen atoms in total. The Bertz CT molecular complexity index is 2370. The van der Waals surface area contributed by atoms with Gasteiger partial charge >= 0.3 is 7.60 Å². The number of carbonyl (C=O) groups is 5. The summed E-state index contributed by atoms with van der Waals surface area (Å²) in [4.78, 5) is 78.3. The minimum Gasteiger partial charge on any atom is -0.494 e. The number of aromatic nitrogens is 2. The molecule has 4 aromatic rings. The van der Waals surface area contributed by atoms with Crippen LogP contribution >= 0.6 is 31.0 Å². The molecule has 20 heteroatoms. The molecular formula is C39H40ClN8O9PS. The Morgan fingerprint density at radius 2 is 1.71 bits per heavy atom. The maximum absolute atomic E-state index is 13.4. The van der Waals surface area contributed by atoms with E-state index < -0.39 is 37.3 Å². The van der Waals surface area contributed by atoms with E-state index in [1.165, 1.54) is 32.2 Å². The Labute approximate surface area is 348 Å². The highest BCUT2D eigenvalue weighted by atomic mass is 35.5.